The van der Waals surface area contributed by atoms with Gasteiger partial charge in [-0.1, -0.05) is 12.8 Å². The van der Waals surface area contributed by atoms with Gasteiger partial charge in [-0.25, -0.2) is 4.98 Å². The lowest BCUT2D eigenvalue weighted by molar-refractivity contribution is -0.136. The Balaban J connectivity index is 2.16. The zero-order valence-corrected chi connectivity index (χ0v) is 9.64. The molecule has 1 aliphatic carbocycles. The van der Waals surface area contributed by atoms with E-state index >= 15 is 0 Å². The monoisotopic (exact) mass is 225 g/mol. The summed E-state index contributed by atoms with van der Waals surface area (Å²) in [5.41, 5.74) is 0.907. The second-order valence-electron chi connectivity index (χ2n) is 4.11. The Bertz CT molecular complexity index is 367. The van der Waals surface area contributed by atoms with Crippen molar-refractivity contribution in [2.75, 3.05) is 0 Å². The molecule has 0 unspecified atom stereocenters. The van der Waals surface area contributed by atoms with Gasteiger partial charge in [0.2, 0.25) is 0 Å². The number of carboxylic acids is 1. The molecule has 3 nitrogen and oxygen atoms in total. The van der Waals surface area contributed by atoms with E-state index in [1.54, 1.807) is 11.3 Å². The third-order valence-electron chi connectivity index (χ3n) is 2.93. The molecule has 0 bridgehead atoms. The number of hydrogen-bond donors (Lipinski definition) is 1. The van der Waals surface area contributed by atoms with Crippen LogP contribution in [0.3, 0.4) is 0 Å². The maximum absolute atomic E-state index is 10.6. The number of rotatable bonds is 3. The molecule has 0 aliphatic heterocycles. The number of aryl methyl sites for hydroxylation is 1. The summed E-state index contributed by atoms with van der Waals surface area (Å²) in [6.45, 7) is 1.91. The number of carboxylic acid groups (broad SMARTS) is 1. The predicted molar refractivity (Wildman–Crippen MR) is 59.4 cm³/mol. The van der Waals surface area contributed by atoms with Crippen LogP contribution < -0.4 is 0 Å². The van der Waals surface area contributed by atoms with Gasteiger partial charge in [0.25, 0.3) is 0 Å². The molecule has 1 fully saturated rings. The number of aromatic nitrogens is 1. The summed E-state index contributed by atoms with van der Waals surface area (Å²) in [7, 11) is 0. The van der Waals surface area contributed by atoms with Crippen LogP contribution in [0.25, 0.3) is 0 Å². The van der Waals surface area contributed by atoms with Gasteiger partial charge in [0.05, 0.1) is 17.1 Å². The summed E-state index contributed by atoms with van der Waals surface area (Å²) in [6, 6.07) is 0. The minimum atomic E-state index is -0.764. The van der Waals surface area contributed by atoms with Crippen molar-refractivity contribution in [1.29, 1.82) is 0 Å². The van der Waals surface area contributed by atoms with Crippen molar-refractivity contribution in [2.45, 2.75) is 44.9 Å². The van der Waals surface area contributed by atoms with Crippen LogP contribution >= 0.6 is 11.3 Å². The third kappa shape index (κ3) is 2.37. The lowest BCUT2D eigenvalue weighted by Crippen LogP contribution is -1.99. The summed E-state index contributed by atoms with van der Waals surface area (Å²) in [5.74, 6) is -0.170. The topological polar surface area (TPSA) is 50.2 Å². The standard InChI is InChI=1S/C11H15NO2S/c1-7-9(6-10(13)14)15-11(12-7)8-4-2-3-5-8/h8H,2-6H2,1H3,(H,13,14). The van der Waals surface area contributed by atoms with E-state index in [-0.39, 0.29) is 6.42 Å². The average Bonchev–Trinajstić information content (AvgIpc) is 2.75. The van der Waals surface area contributed by atoms with Crippen molar-refractivity contribution in [1.82, 2.24) is 4.98 Å². The van der Waals surface area contributed by atoms with Crippen molar-refractivity contribution in [3.05, 3.63) is 15.6 Å². The molecule has 4 heteroatoms. The highest BCUT2D eigenvalue weighted by Crippen LogP contribution is 2.37. The van der Waals surface area contributed by atoms with E-state index in [1.807, 2.05) is 6.92 Å². The first-order valence-electron chi connectivity index (χ1n) is 5.35. The molecular formula is C11H15NO2S. The lowest BCUT2D eigenvalue weighted by atomic mass is 10.1. The maximum Gasteiger partial charge on any atom is 0.308 e. The van der Waals surface area contributed by atoms with Crippen molar-refractivity contribution in [3.63, 3.8) is 0 Å². The Morgan fingerprint density at radius 1 is 1.53 bits per heavy atom. The van der Waals surface area contributed by atoms with Gasteiger partial charge in [0.1, 0.15) is 0 Å². The predicted octanol–water partition coefficient (Wildman–Crippen LogP) is 2.74. The maximum atomic E-state index is 10.6. The molecule has 1 saturated carbocycles. The lowest BCUT2D eigenvalue weighted by Gasteiger charge is -2.02. The minimum absolute atomic E-state index is 0.121. The Labute approximate surface area is 93.2 Å². The van der Waals surface area contributed by atoms with Gasteiger partial charge in [-0.05, 0) is 19.8 Å². The number of thiazole rings is 1. The van der Waals surface area contributed by atoms with Gasteiger partial charge in [0.15, 0.2) is 0 Å². The summed E-state index contributed by atoms with van der Waals surface area (Å²) < 4.78 is 0. The molecule has 1 aromatic heterocycles. The van der Waals surface area contributed by atoms with Crippen molar-refractivity contribution in [3.8, 4) is 0 Å². The normalized spacial score (nSPS) is 17.1. The average molecular weight is 225 g/mol. The third-order valence-corrected chi connectivity index (χ3v) is 4.25. The SMILES string of the molecule is Cc1nc(C2CCCC2)sc1CC(=O)O. The largest absolute Gasteiger partial charge is 0.481 e. The molecular weight excluding hydrogens is 210 g/mol. The minimum Gasteiger partial charge on any atom is -0.481 e. The summed E-state index contributed by atoms with van der Waals surface area (Å²) in [5, 5.41) is 9.90. The second-order valence-corrected chi connectivity index (χ2v) is 5.23. The molecule has 0 aromatic carbocycles. The quantitative estimate of drug-likeness (QED) is 0.860. The fourth-order valence-electron chi connectivity index (χ4n) is 2.10. The number of aliphatic carboxylic acids is 1. The van der Waals surface area contributed by atoms with E-state index in [4.69, 9.17) is 5.11 Å². The van der Waals surface area contributed by atoms with Crippen molar-refractivity contribution >= 4 is 17.3 Å². The van der Waals surface area contributed by atoms with Crippen molar-refractivity contribution < 1.29 is 9.90 Å². The fraction of sp³-hybridized carbons (Fsp3) is 0.636. The van der Waals surface area contributed by atoms with Crippen LogP contribution in [0.5, 0.6) is 0 Å². The number of hydrogen-bond acceptors (Lipinski definition) is 3. The van der Waals surface area contributed by atoms with Gasteiger partial charge in [0, 0.05) is 10.8 Å². The molecule has 0 saturated heterocycles. The highest BCUT2D eigenvalue weighted by atomic mass is 32.1. The number of nitrogens with zero attached hydrogens (tertiary/aromatic N) is 1. The highest BCUT2D eigenvalue weighted by molar-refractivity contribution is 7.11. The molecule has 2 rings (SSSR count). The molecule has 1 N–H and O–H groups in total. The van der Waals surface area contributed by atoms with Gasteiger partial charge in [-0.2, -0.15) is 0 Å². The second kappa shape index (κ2) is 4.31. The molecule has 0 radical (unpaired) electrons. The van der Waals surface area contributed by atoms with Crippen LogP contribution in [0, 0.1) is 6.92 Å². The highest BCUT2D eigenvalue weighted by Gasteiger charge is 2.22. The van der Waals surface area contributed by atoms with Crippen LogP contribution in [-0.2, 0) is 11.2 Å². The van der Waals surface area contributed by atoms with Crippen LogP contribution in [0.15, 0.2) is 0 Å². The zero-order chi connectivity index (χ0) is 10.8. The molecule has 0 atom stereocenters. The van der Waals surface area contributed by atoms with E-state index < -0.39 is 5.97 Å². The molecule has 1 aliphatic rings. The van der Waals surface area contributed by atoms with Crippen LogP contribution in [-0.4, -0.2) is 16.1 Å². The summed E-state index contributed by atoms with van der Waals surface area (Å²) >= 11 is 1.59. The van der Waals surface area contributed by atoms with E-state index in [0.29, 0.717) is 5.92 Å². The Morgan fingerprint density at radius 2 is 2.20 bits per heavy atom. The van der Waals surface area contributed by atoms with E-state index in [9.17, 15) is 4.79 Å². The molecule has 82 valence electrons. The Hall–Kier alpha value is -0.900. The molecule has 15 heavy (non-hydrogen) atoms. The van der Waals surface area contributed by atoms with Crippen LogP contribution in [0.2, 0.25) is 0 Å². The van der Waals surface area contributed by atoms with Crippen LogP contribution in [0.1, 0.15) is 47.2 Å². The Morgan fingerprint density at radius 3 is 2.80 bits per heavy atom. The first kappa shape index (κ1) is 10.6. The van der Waals surface area contributed by atoms with E-state index in [1.165, 1.54) is 25.7 Å². The first-order valence-corrected chi connectivity index (χ1v) is 6.16. The fourth-order valence-corrected chi connectivity index (χ4v) is 3.33. The van der Waals surface area contributed by atoms with Gasteiger partial charge >= 0.3 is 5.97 Å². The Kier molecular flexibility index (Phi) is 3.05. The first-order chi connectivity index (χ1) is 7.16. The summed E-state index contributed by atoms with van der Waals surface area (Å²) in [4.78, 5) is 16.1. The number of carbonyl (C=O) groups is 1. The van der Waals surface area contributed by atoms with E-state index in [0.717, 1.165) is 15.6 Å². The zero-order valence-electron chi connectivity index (χ0n) is 8.82. The van der Waals surface area contributed by atoms with Crippen LogP contribution in [0.4, 0.5) is 0 Å². The molecule has 1 heterocycles. The smallest absolute Gasteiger partial charge is 0.308 e. The van der Waals surface area contributed by atoms with Gasteiger partial charge < -0.3 is 5.11 Å². The molecule has 1 aromatic rings. The van der Waals surface area contributed by atoms with Crippen molar-refractivity contribution in [2.24, 2.45) is 0 Å². The van der Waals surface area contributed by atoms with Gasteiger partial charge in [-0.3, -0.25) is 4.79 Å². The molecule has 0 amide bonds. The van der Waals surface area contributed by atoms with Gasteiger partial charge in [-0.15, -0.1) is 11.3 Å². The summed E-state index contributed by atoms with van der Waals surface area (Å²) in [6.07, 6.45) is 5.14. The molecule has 0 spiro atoms. The van der Waals surface area contributed by atoms with E-state index in [2.05, 4.69) is 4.98 Å².